The van der Waals surface area contributed by atoms with Gasteiger partial charge in [0, 0.05) is 17.1 Å². The molecule has 1 fully saturated rings. The van der Waals surface area contributed by atoms with E-state index in [1.54, 1.807) is 6.07 Å². The number of carbonyl (C=O) groups excluding carboxylic acids is 1. The lowest BCUT2D eigenvalue weighted by Crippen LogP contribution is -2.50. The first-order valence-electron chi connectivity index (χ1n) is 5.43. The van der Waals surface area contributed by atoms with E-state index in [-0.39, 0.29) is 18.0 Å². The van der Waals surface area contributed by atoms with Gasteiger partial charge in [0.15, 0.2) is 0 Å². The van der Waals surface area contributed by atoms with Gasteiger partial charge in [-0.1, -0.05) is 29.8 Å². The molecule has 1 aromatic rings. The van der Waals surface area contributed by atoms with Crippen molar-refractivity contribution in [3.63, 3.8) is 0 Å². The lowest BCUT2D eigenvalue weighted by atomic mass is 9.87. The molecule has 1 aliphatic carbocycles. The molecule has 0 unspecified atom stereocenters. The third-order valence-electron chi connectivity index (χ3n) is 2.85. The van der Waals surface area contributed by atoms with E-state index < -0.39 is 0 Å². The number of nitrogens with two attached hydrogens (primary N) is 1. The highest BCUT2D eigenvalue weighted by molar-refractivity contribution is 6.31. The maximum absolute atomic E-state index is 11.7. The van der Waals surface area contributed by atoms with E-state index in [1.807, 2.05) is 18.2 Å². The first-order valence-corrected chi connectivity index (χ1v) is 5.81. The van der Waals surface area contributed by atoms with Crippen LogP contribution in [0.3, 0.4) is 0 Å². The number of carbonyl (C=O) groups is 1. The summed E-state index contributed by atoms with van der Waals surface area (Å²) in [5.74, 6) is 0.0185. The first-order chi connectivity index (χ1) is 7.65. The molecule has 16 heavy (non-hydrogen) atoms. The van der Waals surface area contributed by atoms with E-state index in [0.717, 1.165) is 18.4 Å². The van der Waals surface area contributed by atoms with Gasteiger partial charge < -0.3 is 11.1 Å². The molecule has 0 heterocycles. The molecule has 1 aromatic carbocycles. The van der Waals surface area contributed by atoms with Crippen LogP contribution < -0.4 is 11.1 Å². The fourth-order valence-electron chi connectivity index (χ4n) is 1.87. The zero-order chi connectivity index (χ0) is 11.5. The summed E-state index contributed by atoms with van der Waals surface area (Å²) in [6.07, 6.45) is 2.11. The molecule has 86 valence electrons. The zero-order valence-corrected chi connectivity index (χ0v) is 9.70. The maximum atomic E-state index is 11.7. The highest BCUT2D eigenvalue weighted by Gasteiger charge is 2.27. The van der Waals surface area contributed by atoms with Crippen LogP contribution in [0.25, 0.3) is 0 Å². The third-order valence-corrected chi connectivity index (χ3v) is 3.22. The predicted molar refractivity (Wildman–Crippen MR) is 64.3 cm³/mol. The molecule has 0 aromatic heterocycles. The van der Waals surface area contributed by atoms with Gasteiger partial charge in [-0.15, -0.1) is 0 Å². The number of amides is 1. The fourth-order valence-corrected chi connectivity index (χ4v) is 2.08. The lowest BCUT2D eigenvalue weighted by molar-refractivity contribution is -0.121. The molecule has 1 saturated carbocycles. The molecule has 3 N–H and O–H groups in total. The topological polar surface area (TPSA) is 55.1 Å². The Balaban J connectivity index is 1.85. The van der Waals surface area contributed by atoms with Crippen molar-refractivity contribution in [3.05, 3.63) is 34.9 Å². The van der Waals surface area contributed by atoms with Crippen molar-refractivity contribution >= 4 is 17.5 Å². The molecule has 4 heteroatoms. The van der Waals surface area contributed by atoms with Gasteiger partial charge in [0.05, 0.1) is 6.42 Å². The molecule has 0 bridgehead atoms. The van der Waals surface area contributed by atoms with E-state index in [2.05, 4.69) is 5.32 Å². The van der Waals surface area contributed by atoms with E-state index in [1.165, 1.54) is 0 Å². The molecule has 0 radical (unpaired) electrons. The Kier molecular flexibility index (Phi) is 3.46. The van der Waals surface area contributed by atoms with Crippen LogP contribution in [0.5, 0.6) is 0 Å². The van der Waals surface area contributed by atoms with Gasteiger partial charge in [0.2, 0.25) is 5.91 Å². The second-order valence-electron chi connectivity index (χ2n) is 4.26. The average molecular weight is 239 g/mol. The second-order valence-corrected chi connectivity index (χ2v) is 4.67. The molecule has 0 atom stereocenters. The first kappa shape index (κ1) is 11.4. The normalized spacial score (nSPS) is 23.6. The predicted octanol–water partition coefficient (Wildman–Crippen LogP) is 1.49. The van der Waals surface area contributed by atoms with Crippen LogP contribution in [-0.2, 0) is 11.2 Å². The Bertz CT molecular complexity index is 388. The summed E-state index contributed by atoms with van der Waals surface area (Å²) in [5.41, 5.74) is 6.51. The maximum Gasteiger partial charge on any atom is 0.224 e. The summed E-state index contributed by atoms with van der Waals surface area (Å²) in [7, 11) is 0. The van der Waals surface area contributed by atoms with E-state index >= 15 is 0 Å². The third kappa shape index (κ3) is 2.74. The van der Waals surface area contributed by atoms with Crippen molar-refractivity contribution in [2.24, 2.45) is 5.73 Å². The minimum atomic E-state index is 0.0185. The Hall–Kier alpha value is -1.06. The van der Waals surface area contributed by atoms with E-state index in [9.17, 15) is 4.79 Å². The second kappa shape index (κ2) is 4.85. The quantitative estimate of drug-likeness (QED) is 0.838. The Labute approximate surface area is 100.0 Å². The molecule has 3 nitrogen and oxygen atoms in total. The van der Waals surface area contributed by atoms with Crippen LogP contribution in [0, 0.1) is 0 Å². The van der Waals surface area contributed by atoms with Gasteiger partial charge in [-0.3, -0.25) is 4.79 Å². The molecular weight excluding hydrogens is 224 g/mol. The Morgan fingerprint density at radius 2 is 2.12 bits per heavy atom. The van der Waals surface area contributed by atoms with Crippen molar-refractivity contribution in [2.45, 2.75) is 31.3 Å². The smallest absolute Gasteiger partial charge is 0.224 e. The van der Waals surface area contributed by atoms with E-state index in [4.69, 9.17) is 17.3 Å². The summed E-state index contributed by atoms with van der Waals surface area (Å²) in [5, 5.41) is 3.59. The number of hydrogen-bond acceptors (Lipinski definition) is 2. The minimum Gasteiger partial charge on any atom is -0.353 e. The Morgan fingerprint density at radius 1 is 1.44 bits per heavy atom. The highest BCUT2D eigenvalue weighted by Crippen LogP contribution is 2.19. The number of hydrogen-bond donors (Lipinski definition) is 2. The summed E-state index contributed by atoms with van der Waals surface area (Å²) < 4.78 is 0. The largest absolute Gasteiger partial charge is 0.353 e. The number of nitrogens with one attached hydrogen (secondary N) is 1. The SMILES string of the molecule is NC1CC(NC(=O)Cc2ccccc2Cl)C1. The molecule has 2 rings (SSSR count). The van der Waals surface area contributed by atoms with Crippen LogP contribution in [0.4, 0.5) is 0 Å². The number of benzene rings is 1. The van der Waals surface area contributed by atoms with Gasteiger partial charge in [-0.05, 0) is 24.5 Å². The van der Waals surface area contributed by atoms with Crippen LogP contribution in [0.1, 0.15) is 18.4 Å². The molecule has 0 saturated heterocycles. The summed E-state index contributed by atoms with van der Waals surface area (Å²) in [6, 6.07) is 7.91. The molecule has 0 aliphatic heterocycles. The average Bonchev–Trinajstić information content (AvgIpc) is 2.19. The van der Waals surface area contributed by atoms with Gasteiger partial charge in [-0.25, -0.2) is 0 Å². The van der Waals surface area contributed by atoms with Crippen LogP contribution in [0.2, 0.25) is 5.02 Å². The molecule has 1 amide bonds. The molecule has 1 aliphatic rings. The summed E-state index contributed by atoms with van der Waals surface area (Å²) in [6.45, 7) is 0. The van der Waals surface area contributed by atoms with Gasteiger partial charge in [-0.2, -0.15) is 0 Å². The minimum absolute atomic E-state index is 0.0185. The van der Waals surface area contributed by atoms with Gasteiger partial charge >= 0.3 is 0 Å². The monoisotopic (exact) mass is 238 g/mol. The van der Waals surface area contributed by atoms with Crippen molar-refractivity contribution in [1.29, 1.82) is 0 Å². The van der Waals surface area contributed by atoms with Crippen molar-refractivity contribution in [2.75, 3.05) is 0 Å². The molecular formula is C12H15ClN2O. The highest BCUT2D eigenvalue weighted by atomic mass is 35.5. The van der Waals surface area contributed by atoms with E-state index in [0.29, 0.717) is 11.4 Å². The van der Waals surface area contributed by atoms with Crippen LogP contribution in [-0.4, -0.2) is 18.0 Å². The number of rotatable bonds is 3. The van der Waals surface area contributed by atoms with Crippen LogP contribution in [0.15, 0.2) is 24.3 Å². The standard InChI is InChI=1S/C12H15ClN2O/c13-11-4-2-1-3-8(11)5-12(16)15-10-6-9(14)7-10/h1-4,9-10H,5-7,14H2,(H,15,16). The lowest BCUT2D eigenvalue weighted by Gasteiger charge is -2.33. The Morgan fingerprint density at radius 3 is 2.75 bits per heavy atom. The van der Waals surface area contributed by atoms with Crippen LogP contribution >= 0.6 is 11.6 Å². The molecule has 0 spiro atoms. The van der Waals surface area contributed by atoms with Crippen molar-refractivity contribution in [3.8, 4) is 0 Å². The number of halogens is 1. The fraction of sp³-hybridized carbons (Fsp3) is 0.417. The summed E-state index contributed by atoms with van der Waals surface area (Å²) in [4.78, 5) is 11.7. The van der Waals surface area contributed by atoms with Gasteiger partial charge in [0.1, 0.15) is 0 Å². The van der Waals surface area contributed by atoms with Crippen molar-refractivity contribution in [1.82, 2.24) is 5.32 Å². The van der Waals surface area contributed by atoms with Gasteiger partial charge in [0.25, 0.3) is 0 Å². The summed E-state index contributed by atoms with van der Waals surface area (Å²) >= 11 is 5.98. The van der Waals surface area contributed by atoms with Crippen molar-refractivity contribution < 1.29 is 4.79 Å². The zero-order valence-electron chi connectivity index (χ0n) is 8.95.